The molecule has 104 valence electrons. The lowest BCUT2D eigenvalue weighted by atomic mass is 10.1. The molecule has 4 nitrogen and oxygen atoms in total. The molecular weight excluding hydrogens is 258 g/mol. The Kier molecular flexibility index (Phi) is 4.27. The first-order chi connectivity index (χ1) is 8.95. The number of rotatable bonds is 5. The number of nitrogen functional groups attached to an aromatic ring is 1. The quantitative estimate of drug-likeness (QED) is 0.736. The predicted molar refractivity (Wildman–Crippen MR) is 82.7 cm³/mol. The molecule has 1 atom stereocenters. The van der Waals surface area contributed by atoms with E-state index in [1.807, 2.05) is 19.1 Å². The molecule has 0 amide bonds. The monoisotopic (exact) mass is 279 g/mol. The van der Waals surface area contributed by atoms with Gasteiger partial charge in [-0.3, -0.25) is 0 Å². The number of thiazole rings is 1. The average molecular weight is 279 g/mol. The molecule has 5 heteroatoms. The molecule has 1 aromatic carbocycles. The van der Waals surface area contributed by atoms with Crippen molar-refractivity contribution in [2.75, 3.05) is 17.6 Å². The van der Waals surface area contributed by atoms with Crippen LogP contribution in [0.1, 0.15) is 25.3 Å². The fourth-order valence-corrected chi connectivity index (χ4v) is 2.97. The largest absolute Gasteiger partial charge is 0.397 e. The Morgan fingerprint density at radius 2 is 2.16 bits per heavy atom. The van der Waals surface area contributed by atoms with Gasteiger partial charge in [-0.25, -0.2) is 4.98 Å². The van der Waals surface area contributed by atoms with Gasteiger partial charge in [0.1, 0.15) is 0 Å². The van der Waals surface area contributed by atoms with Crippen molar-refractivity contribution < 1.29 is 5.11 Å². The van der Waals surface area contributed by atoms with Crippen LogP contribution in [-0.4, -0.2) is 22.7 Å². The highest BCUT2D eigenvalue weighted by atomic mass is 32.1. The molecule has 1 aromatic heterocycles. The molecule has 0 fully saturated rings. The molecule has 0 aliphatic carbocycles. The van der Waals surface area contributed by atoms with Gasteiger partial charge in [0, 0.05) is 6.54 Å². The van der Waals surface area contributed by atoms with Gasteiger partial charge in [0.05, 0.1) is 32.7 Å². The van der Waals surface area contributed by atoms with Crippen molar-refractivity contribution in [3.8, 4) is 0 Å². The molecule has 19 heavy (non-hydrogen) atoms. The lowest BCUT2D eigenvalue weighted by Gasteiger charge is -2.15. The Hall–Kier alpha value is -1.33. The van der Waals surface area contributed by atoms with Gasteiger partial charge in [0.2, 0.25) is 0 Å². The molecule has 0 saturated heterocycles. The first kappa shape index (κ1) is 14.1. The first-order valence-electron chi connectivity index (χ1n) is 6.54. The number of anilines is 2. The molecule has 0 spiro atoms. The number of benzene rings is 1. The number of hydrogen-bond donors (Lipinski definition) is 3. The number of hydrogen-bond acceptors (Lipinski definition) is 5. The molecular formula is C14H21N3OS. The van der Waals surface area contributed by atoms with Crippen molar-refractivity contribution in [3.63, 3.8) is 0 Å². The van der Waals surface area contributed by atoms with Crippen molar-refractivity contribution in [3.05, 3.63) is 17.1 Å². The molecule has 2 aromatic rings. The fraction of sp³-hybridized carbons (Fsp3) is 0.500. The van der Waals surface area contributed by atoms with E-state index in [-0.39, 0.29) is 6.10 Å². The third kappa shape index (κ3) is 3.58. The molecule has 4 N–H and O–H groups in total. The van der Waals surface area contributed by atoms with Crippen molar-refractivity contribution in [2.24, 2.45) is 5.92 Å². The zero-order valence-corrected chi connectivity index (χ0v) is 12.4. The van der Waals surface area contributed by atoms with Crippen LogP contribution < -0.4 is 11.1 Å². The summed E-state index contributed by atoms with van der Waals surface area (Å²) in [5.41, 5.74) is 8.52. The highest BCUT2D eigenvalue weighted by Gasteiger charge is 2.09. The van der Waals surface area contributed by atoms with E-state index >= 15 is 0 Å². The number of nitrogens with one attached hydrogen (secondary N) is 1. The van der Waals surface area contributed by atoms with Gasteiger partial charge in [-0.1, -0.05) is 13.8 Å². The topological polar surface area (TPSA) is 71.2 Å². The maximum atomic E-state index is 9.87. The van der Waals surface area contributed by atoms with Crippen LogP contribution in [-0.2, 0) is 0 Å². The van der Waals surface area contributed by atoms with Gasteiger partial charge in [0.25, 0.3) is 0 Å². The summed E-state index contributed by atoms with van der Waals surface area (Å²) in [5.74, 6) is 0.484. The van der Waals surface area contributed by atoms with Crippen molar-refractivity contribution >= 4 is 32.9 Å². The second kappa shape index (κ2) is 5.75. The van der Waals surface area contributed by atoms with Gasteiger partial charge in [0.15, 0.2) is 0 Å². The zero-order valence-electron chi connectivity index (χ0n) is 11.6. The summed E-state index contributed by atoms with van der Waals surface area (Å²) in [7, 11) is 0. The minimum atomic E-state index is -0.354. The Bertz CT molecular complexity index is 565. The van der Waals surface area contributed by atoms with E-state index < -0.39 is 0 Å². The Morgan fingerprint density at radius 1 is 1.42 bits per heavy atom. The summed E-state index contributed by atoms with van der Waals surface area (Å²) in [6.45, 7) is 6.70. The molecule has 0 aliphatic rings. The molecule has 0 radical (unpaired) electrons. The third-order valence-corrected chi connectivity index (χ3v) is 3.87. The SMILES string of the molecule is Cc1nc2cc(NCC(O)CC(C)C)c(N)cc2s1. The summed E-state index contributed by atoms with van der Waals surface area (Å²) in [5, 5.41) is 14.1. The lowest BCUT2D eigenvalue weighted by molar-refractivity contribution is 0.161. The van der Waals surface area contributed by atoms with Crippen LogP contribution in [0.25, 0.3) is 10.2 Å². The Morgan fingerprint density at radius 3 is 2.84 bits per heavy atom. The van der Waals surface area contributed by atoms with Crippen molar-refractivity contribution in [1.29, 1.82) is 0 Å². The van der Waals surface area contributed by atoms with Crippen LogP contribution in [0, 0.1) is 12.8 Å². The summed E-state index contributed by atoms with van der Waals surface area (Å²) in [6.07, 6.45) is 0.428. The van der Waals surface area contributed by atoms with Crippen LogP contribution in [0.2, 0.25) is 0 Å². The number of aromatic nitrogens is 1. The van der Waals surface area contributed by atoms with Gasteiger partial charge in [-0.15, -0.1) is 11.3 Å². The van der Waals surface area contributed by atoms with E-state index in [1.54, 1.807) is 11.3 Å². The first-order valence-corrected chi connectivity index (χ1v) is 7.36. The number of aliphatic hydroxyl groups excluding tert-OH is 1. The van der Waals surface area contributed by atoms with Gasteiger partial charge >= 0.3 is 0 Å². The van der Waals surface area contributed by atoms with E-state index in [0.717, 1.165) is 27.3 Å². The number of aliphatic hydroxyl groups is 1. The minimum absolute atomic E-state index is 0.354. The van der Waals surface area contributed by atoms with E-state index in [2.05, 4.69) is 24.1 Å². The van der Waals surface area contributed by atoms with Gasteiger partial charge < -0.3 is 16.2 Å². The van der Waals surface area contributed by atoms with Gasteiger partial charge in [-0.2, -0.15) is 0 Å². The maximum Gasteiger partial charge on any atom is 0.0907 e. The van der Waals surface area contributed by atoms with Crippen molar-refractivity contribution in [1.82, 2.24) is 4.98 Å². The van der Waals surface area contributed by atoms with Crippen LogP contribution in [0.3, 0.4) is 0 Å². The summed E-state index contributed by atoms with van der Waals surface area (Å²) in [6, 6.07) is 3.90. The molecule has 0 bridgehead atoms. The summed E-state index contributed by atoms with van der Waals surface area (Å²) < 4.78 is 1.10. The fourth-order valence-electron chi connectivity index (χ4n) is 2.11. The van der Waals surface area contributed by atoms with Gasteiger partial charge in [-0.05, 0) is 31.4 Å². The second-order valence-electron chi connectivity index (χ2n) is 5.30. The predicted octanol–water partition coefficient (Wildman–Crippen LogP) is 3.01. The van der Waals surface area contributed by atoms with Crippen LogP contribution in [0.15, 0.2) is 12.1 Å². The van der Waals surface area contributed by atoms with Crippen molar-refractivity contribution in [2.45, 2.75) is 33.3 Å². The number of nitrogens with zero attached hydrogens (tertiary/aromatic N) is 1. The normalized spacial score (nSPS) is 13.1. The smallest absolute Gasteiger partial charge is 0.0907 e. The Labute approximate surface area is 117 Å². The standard InChI is InChI=1S/C14H21N3OS/c1-8(2)4-10(18)7-16-12-6-13-14(5-11(12)15)19-9(3)17-13/h5-6,8,10,16,18H,4,7,15H2,1-3H3. The number of nitrogens with two attached hydrogens (primary N) is 1. The highest BCUT2D eigenvalue weighted by Crippen LogP contribution is 2.29. The van der Waals surface area contributed by atoms with E-state index in [0.29, 0.717) is 18.2 Å². The highest BCUT2D eigenvalue weighted by molar-refractivity contribution is 7.18. The van der Waals surface area contributed by atoms with E-state index in [4.69, 9.17) is 5.73 Å². The van der Waals surface area contributed by atoms with Crippen LogP contribution >= 0.6 is 11.3 Å². The molecule has 0 aliphatic heterocycles. The number of fused-ring (bicyclic) bond motifs is 1. The summed E-state index contributed by atoms with van der Waals surface area (Å²) >= 11 is 1.64. The minimum Gasteiger partial charge on any atom is -0.397 e. The maximum absolute atomic E-state index is 9.87. The molecule has 1 unspecified atom stereocenters. The number of aryl methyl sites for hydroxylation is 1. The molecule has 1 heterocycles. The molecule has 2 rings (SSSR count). The lowest BCUT2D eigenvalue weighted by Crippen LogP contribution is -2.21. The van der Waals surface area contributed by atoms with Crippen LogP contribution in [0.5, 0.6) is 0 Å². The summed E-state index contributed by atoms with van der Waals surface area (Å²) in [4.78, 5) is 4.45. The zero-order chi connectivity index (χ0) is 14.0. The van der Waals surface area contributed by atoms with Crippen LogP contribution in [0.4, 0.5) is 11.4 Å². The Balaban J connectivity index is 2.09. The van der Waals surface area contributed by atoms with E-state index in [9.17, 15) is 5.11 Å². The molecule has 0 saturated carbocycles. The average Bonchev–Trinajstić information content (AvgIpc) is 2.64. The van der Waals surface area contributed by atoms with E-state index in [1.165, 1.54) is 0 Å². The second-order valence-corrected chi connectivity index (χ2v) is 6.54. The third-order valence-electron chi connectivity index (χ3n) is 2.94.